The van der Waals surface area contributed by atoms with E-state index in [1.54, 1.807) is 0 Å². The molecule has 1 N–H and O–H groups in total. The number of amides is 3. The third-order valence-electron chi connectivity index (χ3n) is 4.95. The molecule has 1 aliphatic rings. The molecule has 4 rings (SSSR count). The molecule has 2 aromatic heterocycles. The number of rotatable bonds is 7. The number of nitrogens with zero attached hydrogens (tertiary/aromatic N) is 2. The van der Waals surface area contributed by atoms with Crippen molar-refractivity contribution >= 4 is 23.3 Å². The minimum absolute atomic E-state index is 0.0836. The number of imide groups is 1. The Labute approximate surface area is 167 Å². The number of hydrogen-bond acceptors (Lipinski definition) is 5. The minimum Gasteiger partial charge on any atom is -0.443 e. The van der Waals surface area contributed by atoms with E-state index in [4.69, 9.17) is 4.42 Å². The van der Waals surface area contributed by atoms with Gasteiger partial charge in [0.1, 0.15) is 11.8 Å². The molecule has 1 aromatic carbocycles. The topological polar surface area (TPSA) is 75.4 Å². The number of unbranched alkanes of at least 4 members (excludes halogenated alkanes) is 1. The minimum atomic E-state index is -1.02. The molecule has 0 radical (unpaired) electrons. The van der Waals surface area contributed by atoms with Crippen molar-refractivity contribution in [3.05, 3.63) is 65.4 Å². The molecule has 0 spiro atoms. The normalized spacial score (nSPS) is 19.2. The Morgan fingerprint density at radius 3 is 2.71 bits per heavy atom. The molecule has 0 aliphatic carbocycles. The zero-order valence-corrected chi connectivity index (χ0v) is 16.4. The second-order valence-electron chi connectivity index (χ2n) is 6.82. The highest BCUT2D eigenvalue weighted by Crippen LogP contribution is 2.35. The molecule has 3 heterocycles. The lowest BCUT2D eigenvalue weighted by Gasteiger charge is -2.27. The Bertz CT molecular complexity index is 968. The number of hydrogen-bond donors (Lipinski definition) is 1. The molecule has 1 fully saturated rings. The summed E-state index contributed by atoms with van der Waals surface area (Å²) in [5.74, 6) is 0.259. The lowest BCUT2D eigenvalue weighted by atomic mass is 9.85. The van der Waals surface area contributed by atoms with Crippen LogP contribution >= 0.6 is 11.3 Å². The van der Waals surface area contributed by atoms with E-state index >= 15 is 0 Å². The average Bonchev–Trinajstić information content (AvgIpc) is 3.44. The van der Waals surface area contributed by atoms with Gasteiger partial charge in [-0.2, -0.15) is 0 Å². The predicted octanol–water partition coefficient (Wildman–Crippen LogP) is 4.54. The third kappa shape index (κ3) is 3.22. The van der Waals surface area contributed by atoms with Gasteiger partial charge in [-0.05, 0) is 23.4 Å². The van der Waals surface area contributed by atoms with E-state index in [0.29, 0.717) is 18.0 Å². The van der Waals surface area contributed by atoms with Crippen molar-refractivity contribution in [2.45, 2.75) is 38.3 Å². The van der Waals surface area contributed by atoms with Gasteiger partial charge in [-0.15, -0.1) is 11.3 Å². The molecule has 3 amide bonds. The van der Waals surface area contributed by atoms with Gasteiger partial charge in [-0.25, -0.2) is 9.78 Å². The molecule has 0 bridgehead atoms. The molecular weight excluding hydrogens is 374 g/mol. The summed E-state index contributed by atoms with van der Waals surface area (Å²) in [6.45, 7) is 2.15. The zero-order valence-electron chi connectivity index (χ0n) is 15.6. The van der Waals surface area contributed by atoms with Crippen LogP contribution in [0, 0.1) is 0 Å². The Balaban J connectivity index is 1.60. The summed E-state index contributed by atoms with van der Waals surface area (Å²) in [5.41, 5.74) is 0.337. The van der Waals surface area contributed by atoms with Gasteiger partial charge in [0, 0.05) is 0 Å². The second-order valence-corrected chi connectivity index (χ2v) is 7.77. The maximum atomic E-state index is 13.4. The molecule has 0 saturated carbocycles. The second kappa shape index (κ2) is 7.59. The number of thiophene rings is 1. The summed E-state index contributed by atoms with van der Waals surface area (Å²) in [7, 11) is 0. The van der Waals surface area contributed by atoms with Gasteiger partial charge < -0.3 is 9.73 Å². The van der Waals surface area contributed by atoms with Gasteiger partial charge in [0.2, 0.25) is 5.89 Å². The maximum Gasteiger partial charge on any atom is 0.325 e. The molecule has 28 heavy (non-hydrogen) atoms. The largest absolute Gasteiger partial charge is 0.443 e. The number of carbonyl (C=O) groups excluding carboxylic acids is 2. The molecule has 1 saturated heterocycles. The fraction of sp³-hybridized carbons (Fsp3) is 0.286. The summed E-state index contributed by atoms with van der Waals surface area (Å²) in [4.78, 5) is 32.7. The van der Waals surface area contributed by atoms with Gasteiger partial charge in [0.15, 0.2) is 0 Å². The third-order valence-corrected chi connectivity index (χ3v) is 5.81. The maximum absolute atomic E-state index is 13.4. The van der Waals surface area contributed by atoms with E-state index in [9.17, 15) is 9.59 Å². The van der Waals surface area contributed by atoms with Crippen molar-refractivity contribution < 1.29 is 14.0 Å². The van der Waals surface area contributed by atoms with Crippen molar-refractivity contribution in [1.82, 2.24) is 15.2 Å². The van der Waals surface area contributed by atoms with Gasteiger partial charge in [0.25, 0.3) is 5.91 Å². The number of oxazole rings is 1. The van der Waals surface area contributed by atoms with E-state index in [2.05, 4.69) is 17.2 Å². The van der Waals surface area contributed by atoms with E-state index in [1.807, 2.05) is 47.8 Å². The molecule has 144 valence electrons. The Morgan fingerprint density at radius 1 is 1.18 bits per heavy atom. The summed E-state index contributed by atoms with van der Waals surface area (Å²) < 4.78 is 5.52. The van der Waals surface area contributed by atoms with Crippen molar-refractivity contribution in [2.24, 2.45) is 0 Å². The molecule has 6 nitrogen and oxygen atoms in total. The highest BCUT2D eigenvalue weighted by molar-refractivity contribution is 7.13. The van der Waals surface area contributed by atoms with Crippen LogP contribution in [0.15, 0.2) is 58.5 Å². The number of carbonyl (C=O) groups is 2. The quantitative estimate of drug-likeness (QED) is 0.596. The lowest BCUT2D eigenvalue weighted by molar-refractivity contribution is -0.132. The van der Waals surface area contributed by atoms with E-state index < -0.39 is 11.6 Å². The first-order chi connectivity index (χ1) is 13.6. The molecule has 1 atom stereocenters. The SMILES string of the molecule is CCCC[C@@]1(c2ccccc2)NC(=O)N(Cc2coc(-c3cccs3)n2)C1=O. The monoisotopic (exact) mass is 395 g/mol. The standard InChI is InChI=1S/C21H21N3O3S/c1-2-3-11-21(15-8-5-4-6-9-15)19(25)24(20(26)23-21)13-16-14-27-18(22-16)17-10-7-12-28-17/h4-10,12,14H,2-3,11,13H2,1H3,(H,23,26)/t21-/m0/s1. The van der Waals surface area contributed by atoms with Gasteiger partial charge in [-0.3, -0.25) is 9.69 Å². The Hall–Kier alpha value is -2.93. The van der Waals surface area contributed by atoms with E-state index in [1.165, 1.54) is 22.5 Å². The molecule has 7 heteroatoms. The first kappa shape index (κ1) is 18.4. The van der Waals surface area contributed by atoms with Crippen molar-refractivity contribution in [3.63, 3.8) is 0 Å². The van der Waals surface area contributed by atoms with Crippen LogP contribution in [0.3, 0.4) is 0 Å². The first-order valence-electron chi connectivity index (χ1n) is 9.32. The Morgan fingerprint density at radius 2 is 2.00 bits per heavy atom. The number of aromatic nitrogens is 1. The molecular formula is C21H21N3O3S. The lowest BCUT2D eigenvalue weighted by Crippen LogP contribution is -2.44. The zero-order chi connectivity index (χ0) is 19.6. The fourth-order valence-electron chi connectivity index (χ4n) is 3.50. The molecule has 0 unspecified atom stereocenters. The molecule has 3 aromatic rings. The van der Waals surface area contributed by atoms with Crippen LogP contribution in [0.25, 0.3) is 10.8 Å². The van der Waals surface area contributed by atoms with Crippen LogP contribution in [-0.4, -0.2) is 21.8 Å². The van der Waals surface area contributed by atoms with Crippen molar-refractivity contribution in [1.29, 1.82) is 0 Å². The number of urea groups is 1. The van der Waals surface area contributed by atoms with Crippen molar-refractivity contribution in [2.75, 3.05) is 0 Å². The summed E-state index contributed by atoms with van der Waals surface area (Å²) in [5, 5.41) is 4.90. The van der Waals surface area contributed by atoms with E-state index in [-0.39, 0.29) is 12.5 Å². The van der Waals surface area contributed by atoms with E-state index in [0.717, 1.165) is 23.3 Å². The smallest absolute Gasteiger partial charge is 0.325 e. The summed E-state index contributed by atoms with van der Waals surface area (Å²) in [6, 6.07) is 12.9. The van der Waals surface area contributed by atoms with Crippen LogP contribution in [-0.2, 0) is 16.9 Å². The van der Waals surface area contributed by atoms with Crippen LogP contribution in [0.2, 0.25) is 0 Å². The predicted molar refractivity (Wildman–Crippen MR) is 107 cm³/mol. The average molecular weight is 395 g/mol. The highest BCUT2D eigenvalue weighted by atomic mass is 32.1. The van der Waals surface area contributed by atoms with Gasteiger partial charge in [0.05, 0.1) is 17.1 Å². The Kier molecular flexibility index (Phi) is 5.00. The fourth-order valence-corrected chi connectivity index (χ4v) is 4.15. The number of nitrogens with one attached hydrogen (secondary N) is 1. The molecule has 1 aliphatic heterocycles. The van der Waals surface area contributed by atoms with Gasteiger partial charge >= 0.3 is 6.03 Å². The van der Waals surface area contributed by atoms with Crippen LogP contribution in [0.4, 0.5) is 4.79 Å². The first-order valence-corrected chi connectivity index (χ1v) is 10.2. The van der Waals surface area contributed by atoms with Crippen LogP contribution in [0.5, 0.6) is 0 Å². The summed E-state index contributed by atoms with van der Waals surface area (Å²) >= 11 is 1.52. The van der Waals surface area contributed by atoms with Crippen LogP contribution < -0.4 is 5.32 Å². The van der Waals surface area contributed by atoms with Crippen LogP contribution in [0.1, 0.15) is 37.4 Å². The number of benzene rings is 1. The summed E-state index contributed by atoms with van der Waals surface area (Å²) in [6.07, 6.45) is 3.84. The van der Waals surface area contributed by atoms with Gasteiger partial charge in [-0.1, -0.05) is 56.2 Å². The highest BCUT2D eigenvalue weighted by Gasteiger charge is 2.51. The van der Waals surface area contributed by atoms with Crippen molar-refractivity contribution in [3.8, 4) is 10.8 Å².